The molecule has 0 saturated carbocycles. The molecular weight excluding hydrogens is 408 g/mol. The van der Waals surface area contributed by atoms with Crippen LogP contribution >= 0.6 is 11.8 Å². The lowest BCUT2D eigenvalue weighted by Crippen LogP contribution is -2.31. The van der Waals surface area contributed by atoms with E-state index in [1.807, 2.05) is 31.5 Å². The summed E-state index contributed by atoms with van der Waals surface area (Å²) in [5, 5.41) is 3.26. The van der Waals surface area contributed by atoms with Gasteiger partial charge in [0.2, 0.25) is 15.9 Å². The molecule has 2 aromatic rings. The molecule has 1 N–H and O–H groups in total. The average Bonchev–Trinajstić information content (AvgIpc) is 3.11. The average molecular weight is 439 g/mol. The maximum Gasteiger partial charge on any atom is 0.243 e. The van der Waals surface area contributed by atoms with Crippen LogP contribution in [0, 0.1) is 6.92 Å². The Labute approximate surface area is 177 Å². The number of thioether (sulfide) groups is 1. The normalized spacial score (nSPS) is 12.9. The molecule has 0 aliphatic rings. The highest BCUT2D eigenvalue weighted by molar-refractivity contribution is 8.00. The maximum atomic E-state index is 12.9. The van der Waals surface area contributed by atoms with Crippen molar-refractivity contribution in [2.24, 2.45) is 0 Å². The number of sulfonamides is 1. The Morgan fingerprint density at radius 2 is 1.97 bits per heavy atom. The molecule has 0 fully saturated rings. The predicted octanol–water partition coefficient (Wildman–Crippen LogP) is 3.75. The zero-order valence-corrected chi connectivity index (χ0v) is 19.3. The Morgan fingerprint density at radius 1 is 1.28 bits per heavy atom. The molecule has 0 aliphatic carbocycles. The number of hydrogen-bond donors (Lipinski definition) is 1. The van der Waals surface area contributed by atoms with Gasteiger partial charge in [0.15, 0.2) is 5.16 Å². The number of nitrogens with zero attached hydrogens (tertiary/aromatic N) is 3. The molecule has 2 rings (SSSR count). The number of carbonyl (C=O) groups is 1. The molecule has 29 heavy (non-hydrogen) atoms. The monoisotopic (exact) mass is 438 g/mol. The third-order valence-corrected chi connectivity index (χ3v) is 7.88. The Kier molecular flexibility index (Phi) is 8.30. The summed E-state index contributed by atoms with van der Waals surface area (Å²) in [6, 6.07) is 4.98. The Balaban J connectivity index is 2.17. The van der Waals surface area contributed by atoms with Crippen molar-refractivity contribution >= 4 is 33.4 Å². The van der Waals surface area contributed by atoms with Crippen LogP contribution in [0.25, 0.3) is 0 Å². The predicted molar refractivity (Wildman–Crippen MR) is 118 cm³/mol. The second-order valence-corrected chi connectivity index (χ2v) is 9.94. The highest BCUT2D eigenvalue weighted by Crippen LogP contribution is 2.26. The second-order valence-electron chi connectivity index (χ2n) is 6.72. The van der Waals surface area contributed by atoms with Gasteiger partial charge in [-0.1, -0.05) is 38.6 Å². The van der Waals surface area contributed by atoms with Crippen LogP contribution in [0.2, 0.25) is 0 Å². The first-order chi connectivity index (χ1) is 13.7. The number of imidazole rings is 1. The Morgan fingerprint density at radius 3 is 2.59 bits per heavy atom. The first kappa shape index (κ1) is 23.4. The van der Waals surface area contributed by atoms with E-state index in [9.17, 15) is 13.2 Å². The molecule has 1 amide bonds. The van der Waals surface area contributed by atoms with Crippen LogP contribution in [0.15, 0.2) is 40.6 Å². The van der Waals surface area contributed by atoms with Gasteiger partial charge in [-0.3, -0.25) is 4.79 Å². The van der Waals surface area contributed by atoms with Crippen molar-refractivity contribution in [3.63, 3.8) is 0 Å². The molecule has 0 bridgehead atoms. The van der Waals surface area contributed by atoms with Gasteiger partial charge in [0.25, 0.3) is 0 Å². The number of rotatable bonds is 10. The molecule has 0 spiro atoms. The number of carbonyl (C=O) groups excluding carboxylic acids is 1. The summed E-state index contributed by atoms with van der Waals surface area (Å²) < 4.78 is 29.2. The van der Waals surface area contributed by atoms with Crippen molar-refractivity contribution in [3.05, 3.63) is 36.2 Å². The van der Waals surface area contributed by atoms with Crippen LogP contribution < -0.4 is 5.32 Å². The molecule has 0 radical (unpaired) electrons. The van der Waals surface area contributed by atoms with Crippen molar-refractivity contribution in [3.8, 4) is 0 Å². The van der Waals surface area contributed by atoms with E-state index in [2.05, 4.69) is 17.2 Å². The molecule has 1 unspecified atom stereocenters. The van der Waals surface area contributed by atoms with Gasteiger partial charge in [0, 0.05) is 37.7 Å². The highest BCUT2D eigenvalue weighted by atomic mass is 32.2. The SMILES string of the molecule is CCCn1ccnc1SC(C)C(=O)Nc1ccc(C)c(S(=O)(=O)N(CC)CC)c1. The quantitative estimate of drug-likeness (QED) is 0.571. The van der Waals surface area contributed by atoms with Crippen LogP contribution in [0.1, 0.15) is 39.7 Å². The molecule has 160 valence electrons. The molecule has 0 saturated heterocycles. The fourth-order valence-electron chi connectivity index (χ4n) is 2.94. The van der Waals surface area contributed by atoms with E-state index in [0.29, 0.717) is 24.3 Å². The maximum absolute atomic E-state index is 12.9. The number of aryl methyl sites for hydroxylation is 2. The fourth-order valence-corrected chi connectivity index (χ4v) is 5.54. The number of benzene rings is 1. The van der Waals surface area contributed by atoms with E-state index in [0.717, 1.165) is 18.1 Å². The van der Waals surface area contributed by atoms with Gasteiger partial charge in [-0.05, 0) is 38.0 Å². The van der Waals surface area contributed by atoms with Gasteiger partial charge in [0.1, 0.15) is 0 Å². The minimum atomic E-state index is -3.60. The summed E-state index contributed by atoms with van der Waals surface area (Å²) in [5.74, 6) is -0.198. The van der Waals surface area contributed by atoms with Crippen molar-refractivity contribution < 1.29 is 13.2 Å². The first-order valence-electron chi connectivity index (χ1n) is 9.83. The van der Waals surface area contributed by atoms with Crippen molar-refractivity contribution in [1.82, 2.24) is 13.9 Å². The summed E-state index contributed by atoms with van der Waals surface area (Å²) in [5.41, 5.74) is 1.12. The molecular formula is C20H30N4O3S2. The molecule has 7 nitrogen and oxygen atoms in total. The lowest BCUT2D eigenvalue weighted by Gasteiger charge is -2.20. The lowest BCUT2D eigenvalue weighted by molar-refractivity contribution is -0.115. The number of anilines is 1. The number of aromatic nitrogens is 2. The zero-order chi connectivity index (χ0) is 21.6. The van der Waals surface area contributed by atoms with Crippen molar-refractivity contribution in [2.45, 2.75) is 62.9 Å². The van der Waals surface area contributed by atoms with Gasteiger partial charge < -0.3 is 9.88 Å². The topological polar surface area (TPSA) is 84.3 Å². The molecule has 1 heterocycles. The zero-order valence-electron chi connectivity index (χ0n) is 17.7. The largest absolute Gasteiger partial charge is 0.326 e. The summed E-state index contributed by atoms with van der Waals surface area (Å²) in [6.45, 7) is 10.9. The van der Waals surface area contributed by atoms with Crippen LogP contribution in [0.3, 0.4) is 0 Å². The van der Waals surface area contributed by atoms with E-state index in [1.54, 1.807) is 25.3 Å². The first-order valence-corrected chi connectivity index (χ1v) is 12.2. The Hall–Kier alpha value is -1.84. The third-order valence-electron chi connectivity index (χ3n) is 4.57. The molecule has 1 aromatic heterocycles. The second kappa shape index (κ2) is 10.3. The number of amides is 1. The van der Waals surface area contributed by atoms with E-state index in [4.69, 9.17) is 0 Å². The number of nitrogens with one attached hydrogen (secondary N) is 1. The number of hydrogen-bond acceptors (Lipinski definition) is 5. The van der Waals surface area contributed by atoms with E-state index in [-0.39, 0.29) is 16.1 Å². The summed E-state index contributed by atoms with van der Waals surface area (Å²) in [7, 11) is -3.60. The lowest BCUT2D eigenvalue weighted by atomic mass is 10.2. The van der Waals surface area contributed by atoms with Crippen LogP contribution in [0.5, 0.6) is 0 Å². The molecule has 9 heteroatoms. The smallest absolute Gasteiger partial charge is 0.243 e. The van der Waals surface area contributed by atoms with Gasteiger partial charge in [-0.25, -0.2) is 13.4 Å². The van der Waals surface area contributed by atoms with Gasteiger partial charge in [-0.15, -0.1) is 0 Å². The fraction of sp³-hybridized carbons (Fsp3) is 0.500. The minimum Gasteiger partial charge on any atom is -0.326 e. The Bertz CT molecular complexity index is 937. The van der Waals surface area contributed by atoms with Gasteiger partial charge in [-0.2, -0.15) is 4.31 Å². The van der Waals surface area contributed by atoms with Crippen molar-refractivity contribution in [2.75, 3.05) is 18.4 Å². The minimum absolute atomic E-state index is 0.198. The highest BCUT2D eigenvalue weighted by Gasteiger charge is 2.24. The van der Waals surface area contributed by atoms with E-state index in [1.165, 1.54) is 22.1 Å². The van der Waals surface area contributed by atoms with Crippen molar-refractivity contribution in [1.29, 1.82) is 0 Å². The molecule has 1 atom stereocenters. The summed E-state index contributed by atoms with van der Waals surface area (Å²) in [6.07, 6.45) is 4.62. The van der Waals surface area contributed by atoms with Crippen LogP contribution in [0.4, 0.5) is 5.69 Å². The summed E-state index contributed by atoms with van der Waals surface area (Å²) in [4.78, 5) is 17.2. The van der Waals surface area contributed by atoms with Gasteiger partial charge >= 0.3 is 0 Å². The van der Waals surface area contributed by atoms with E-state index < -0.39 is 10.0 Å². The molecule has 0 aliphatic heterocycles. The van der Waals surface area contributed by atoms with Gasteiger partial charge in [0.05, 0.1) is 10.1 Å². The third kappa shape index (κ3) is 5.61. The van der Waals surface area contributed by atoms with E-state index >= 15 is 0 Å². The van der Waals surface area contributed by atoms with Crippen LogP contribution in [-0.2, 0) is 21.4 Å². The van der Waals surface area contributed by atoms with Crippen LogP contribution in [-0.4, -0.2) is 46.5 Å². The summed E-state index contributed by atoms with van der Waals surface area (Å²) >= 11 is 1.38. The standard InChI is InChI=1S/C20H30N4O3S2/c1-6-12-23-13-11-21-20(23)28-16(5)19(25)22-17-10-9-15(4)18(14-17)29(26,27)24(7-2)8-3/h9-11,13-14,16H,6-8,12H2,1-5H3,(H,22,25). The molecule has 1 aromatic carbocycles.